The van der Waals surface area contributed by atoms with E-state index in [1.807, 2.05) is 0 Å². The first-order valence-electron chi connectivity index (χ1n) is 10.9. The lowest BCUT2D eigenvalue weighted by Crippen LogP contribution is -2.26. The van der Waals surface area contributed by atoms with Crippen LogP contribution in [0, 0.1) is 5.92 Å². The third-order valence-electron chi connectivity index (χ3n) is 5.10. The first-order valence-corrected chi connectivity index (χ1v) is 10.9. The van der Waals surface area contributed by atoms with Crippen LogP contribution in [0.2, 0.25) is 0 Å². The summed E-state index contributed by atoms with van der Waals surface area (Å²) in [6.07, 6.45) is 25.1. The molecule has 0 radical (unpaired) electrons. The Balaban J connectivity index is 1.78. The Morgan fingerprint density at radius 1 is 1.04 bits per heavy atom. The van der Waals surface area contributed by atoms with Crippen LogP contribution in [0.15, 0.2) is 24.3 Å². The summed E-state index contributed by atoms with van der Waals surface area (Å²) < 4.78 is 0. The second kappa shape index (κ2) is 16.1. The van der Waals surface area contributed by atoms with Gasteiger partial charge in [0.15, 0.2) is 0 Å². The van der Waals surface area contributed by atoms with E-state index in [1.165, 1.54) is 51.4 Å². The van der Waals surface area contributed by atoms with Gasteiger partial charge in [-0.3, -0.25) is 4.79 Å². The van der Waals surface area contributed by atoms with Gasteiger partial charge in [0, 0.05) is 13.0 Å². The van der Waals surface area contributed by atoms with E-state index < -0.39 is 0 Å². The van der Waals surface area contributed by atoms with E-state index in [2.05, 4.69) is 48.6 Å². The largest absolute Gasteiger partial charge is 0.356 e. The average Bonchev–Trinajstić information content (AvgIpc) is 3.13. The molecule has 3 nitrogen and oxygen atoms in total. The van der Waals surface area contributed by atoms with Gasteiger partial charge >= 0.3 is 0 Å². The van der Waals surface area contributed by atoms with Crippen LogP contribution in [-0.4, -0.2) is 38.0 Å². The van der Waals surface area contributed by atoms with Crippen LogP contribution in [-0.2, 0) is 4.79 Å². The number of nitrogens with one attached hydrogen (secondary N) is 1. The molecule has 0 fully saturated rings. The molecular weight excluding hydrogens is 320 g/mol. The van der Waals surface area contributed by atoms with E-state index in [-0.39, 0.29) is 5.91 Å². The molecule has 1 amide bonds. The average molecular weight is 363 g/mol. The summed E-state index contributed by atoms with van der Waals surface area (Å²) in [5.74, 6) is 1.09. The van der Waals surface area contributed by atoms with Crippen LogP contribution in [0.3, 0.4) is 0 Å². The van der Waals surface area contributed by atoms with Crippen LogP contribution < -0.4 is 5.32 Å². The minimum atomic E-state index is 0.209. The fourth-order valence-corrected chi connectivity index (χ4v) is 3.45. The van der Waals surface area contributed by atoms with E-state index in [1.54, 1.807) is 0 Å². The van der Waals surface area contributed by atoms with Crippen molar-refractivity contribution in [3.05, 3.63) is 24.3 Å². The highest BCUT2D eigenvalue weighted by Crippen LogP contribution is 2.23. The Morgan fingerprint density at radius 2 is 1.77 bits per heavy atom. The molecule has 1 aliphatic rings. The standard InChI is InChI=1S/C23H42N2O/c1-25(2)21-15-20-24-23(26)19-12-10-8-6-4-3-5-7-9-11-16-22-17-13-14-18-22/h4,6,13,17,22H,3,5,7-12,14-16,18-21H2,1-2H3,(H,24,26)/b6-4+. The van der Waals surface area contributed by atoms with Gasteiger partial charge in [0.25, 0.3) is 0 Å². The normalized spacial score (nSPS) is 16.8. The van der Waals surface area contributed by atoms with Crippen LogP contribution in [0.25, 0.3) is 0 Å². The van der Waals surface area contributed by atoms with Crippen molar-refractivity contribution in [2.24, 2.45) is 5.92 Å². The first kappa shape index (κ1) is 23.0. The number of hydrogen-bond acceptors (Lipinski definition) is 2. The van der Waals surface area contributed by atoms with Crippen molar-refractivity contribution < 1.29 is 4.79 Å². The lowest BCUT2D eigenvalue weighted by atomic mass is 10.00. The topological polar surface area (TPSA) is 32.3 Å². The Morgan fingerprint density at radius 3 is 2.46 bits per heavy atom. The molecule has 3 heteroatoms. The highest BCUT2D eigenvalue weighted by Gasteiger charge is 2.07. The lowest BCUT2D eigenvalue weighted by Gasteiger charge is -2.09. The molecule has 0 aliphatic heterocycles. The molecule has 1 aliphatic carbocycles. The van der Waals surface area contributed by atoms with Crippen molar-refractivity contribution in [3.8, 4) is 0 Å². The summed E-state index contributed by atoms with van der Waals surface area (Å²) >= 11 is 0. The molecule has 150 valence electrons. The Bertz CT molecular complexity index is 401. The number of carbonyl (C=O) groups excluding carboxylic acids is 1. The van der Waals surface area contributed by atoms with Gasteiger partial charge in [-0.05, 0) is 84.3 Å². The fraction of sp³-hybridized carbons (Fsp3) is 0.783. The molecule has 0 spiro atoms. The number of hydrogen-bond donors (Lipinski definition) is 1. The zero-order chi connectivity index (χ0) is 18.9. The molecule has 0 bridgehead atoms. The maximum atomic E-state index is 11.7. The minimum Gasteiger partial charge on any atom is -0.356 e. The number of allylic oxidation sites excluding steroid dienone is 4. The summed E-state index contributed by atoms with van der Waals surface area (Å²) in [5.41, 5.74) is 0. The Labute approximate surface area is 162 Å². The second-order valence-electron chi connectivity index (χ2n) is 7.98. The summed E-state index contributed by atoms with van der Waals surface area (Å²) in [7, 11) is 4.12. The van der Waals surface area contributed by atoms with E-state index >= 15 is 0 Å². The quantitative estimate of drug-likeness (QED) is 0.291. The molecule has 0 aromatic heterocycles. The van der Waals surface area contributed by atoms with Gasteiger partial charge in [-0.1, -0.05) is 43.6 Å². The monoisotopic (exact) mass is 362 g/mol. The van der Waals surface area contributed by atoms with Crippen LogP contribution in [0.1, 0.15) is 83.5 Å². The maximum absolute atomic E-state index is 11.7. The van der Waals surface area contributed by atoms with Crippen LogP contribution in [0.4, 0.5) is 0 Å². The van der Waals surface area contributed by atoms with Crippen molar-refractivity contribution in [1.82, 2.24) is 10.2 Å². The van der Waals surface area contributed by atoms with Gasteiger partial charge in [0.05, 0.1) is 0 Å². The molecule has 1 atom stereocenters. The summed E-state index contributed by atoms with van der Waals surface area (Å²) in [6.45, 7) is 1.83. The van der Waals surface area contributed by atoms with Gasteiger partial charge in [0.1, 0.15) is 0 Å². The maximum Gasteiger partial charge on any atom is 0.219 e. The first-order chi connectivity index (χ1) is 12.7. The zero-order valence-corrected chi connectivity index (χ0v) is 17.3. The molecule has 1 rings (SSSR count). The van der Waals surface area contributed by atoms with E-state index in [0.717, 1.165) is 44.7 Å². The van der Waals surface area contributed by atoms with Crippen molar-refractivity contribution in [3.63, 3.8) is 0 Å². The predicted molar refractivity (Wildman–Crippen MR) is 113 cm³/mol. The molecule has 0 saturated heterocycles. The van der Waals surface area contributed by atoms with E-state index in [4.69, 9.17) is 0 Å². The fourth-order valence-electron chi connectivity index (χ4n) is 3.45. The van der Waals surface area contributed by atoms with Crippen LogP contribution in [0.5, 0.6) is 0 Å². The minimum absolute atomic E-state index is 0.209. The van der Waals surface area contributed by atoms with Gasteiger partial charge in [-0.15, -0.1) is 0 Å². The van der Waals surface area contributed by atoms with E-state index in [0.29, 0.717) is 6.42 Å². The van der Waals surface area contributed by atoms with Gasteiger partial charge in [0.2, 0.25) is 5.91 Å². The molecule has 26 heavy (non-hydrogen) atoms. The number of carbonyl (C=O) groups is 1. The molecule has 0 aromatic carbocycles. The Kier molecular flexibility index (Phi) is 14.2. The van der Waals surface area contributed by atoms with Gasteiger partial charge < -0.3 is 10.2 Å². The second-order valence-corrected chi connectivity index (χ2v) is 7.98. The summed E-state index contributed by atoms with van der Waals surface area (Å²) in [5, 5.41) is 3.00. The third kappa shape index (κ3) is 14.1. The molecule has 0 saturated carbocycles. The third-order valence-corrected chi connectivity index (χ3v) is 5.10. The smallest absolute Gasteiger partial charge is 0.219 e. The molecule has 1 unspecified atom stereocenters. The number of amides is 1. The number of rotatable bonds is 16. The Hall–Kier alpha value is -1.09. The van der Waals surface area contributed by atoms with Crippen LogP contribution >= 0.6 is 0 Å². The van der Waals surface area contributed by atoms with E-state index in [9.17, 15) is 4.79 Å². The van der Waals surface area contributed by atoms with Gasteiger partial charge in [-0.2, -0.15) is 0 Å². The molecule has 0 heterocycles. The molecule has 0 aromatic rings. The summed E-state index contributed by atoms with van der Waals surface area (Å²) in [4.78, 5) is 13.8. The van der Waals surface area contributed by atoms with Crippen molar-refractivity contribution in [1.29, 1.82) is 0 Å². The van der Waals surface area contributed by atoms with Crippen molar-refractivity contribution in [2.75, 3.05) is 27.2 Å². The van der Waals surface area contributed by atoms with Gasteiger partial charge in [-0.25, -0.2) is 0 Å². The molecular formula is C23H42N2O. The summed E-state index contributed by atoms with van der Waals surface area (Å²) in [6, 6.07) is 0. The highest BCUT2D eigenvalue weighted by molar-refractivity contribution is 5.75. The number of unbranched alkanes of at least 4 members (excludes halogenated alkanes) is 6. The predicted octanol–water partition coefficient (Wildman–Crippen LogP) is 5.48. The molecule has 1 N–H and O–H groups in total. The SMILES string of the molecule is CN(C)CCCNC(=O)CCCC/C=C/CCCCCCC1C=CCC1. The van der Waals surface area contributed by atoms with Crippen molar-refractivity contribution >= 4 is 5.91 Å². The number of nitrogens with zero attached hydrogens (tertiary/aromatic N) is 1. The highest BCUT2D eigenvalue weighted by atomic mass is 16.1. The lowest BCUT2D eigenvalue weighted by molar-refractivity contribution is -0.121. The van der Waals surface area contributed by atoms with Crippen molar-refractivity contribution in [2.45, 2.75) is 83.5 Å². The zero-order valence-electron chi connectivity index (χ0n) is 17.3.